The van der Waals surface area contributed by atoms with Gasteiger partial charge in [0.05, 0.1) is 11.6 Å². The van der Waals surface area contributed by atoms with E-state index in [0.29, 0.717) is 0 Å². The van der Waals surface area contributed by atoms with E-state index in [9.17, 15) is 18.3 Å². The number of carbonyl (C=O) groups is 1. The van der Waals surface area contributed by atoms with Gasteiger partial charge in [-0.05, 0) is 20.8 Å². The van der Waals surface area contributed by atoms with Crippen LogP contribution in [0.4, 0.5) is 5.13 Å². The first kappa shape index (κ1) is 16.0. The van der Waals surface area contributed by atoms with Crippen molar-refractivity contribution in [3.63, 3.8) is 0 Å². The van der Waals surface area contributed by atoms with Crippen LogP contribution in [0.1, 0.15) is 27.7 Å². The van der Waals surface area contributed by atoms with E-state index in [1.165, 1.54) is 13.8 Å². The molecule has 0 radical (unpaired) electrons. The first-order valence-electron chi connectivity index (χ1n) is 5.38. The number of hydrogen-bond acceptors (Lipinski definition) is 7. The van der Waals surface area contributed by atoms with Gasteiger partial charge >= 0.3 is 0 Å². The van der Waals surface area contributed by atoms with Crippen LogP contribution in [-0.2, 0) is 14.8 Å². The van der Waals surface area contributed by atoms with Crippen LogP contribution in [0.25, 0.3) is 0 Å². The monoisotopic (exact) mass is 308 g/mol. The van der Waals surface area contributed by atoms with E-state index in [1.807, 2.05) is 0 Å². The van der Waals surface area contributed by atoms with Crippen molar-refractivity contribution in [3.8, 4) is 0 Å². The fourth-order valence-corrected chi connectivity index (χ4v) is 3.42. The van der Waals surface area contributed by atoms with Crippen LogP contribution >= 0.6 is 11.3 Å². The molecule has 8 nitrogen and oxygen atoms in total. The average molecular weight is 308 g/mol. The normalized spacial score (nSPS) is 14.2. The smallest absolute Gasteiger partial charge is 0.270 e. The molecule has 3 N–H and O–H groups in total. The van der Waals surface area contributed by atoms with E-state index in [2.05, 4.69) is 20.2 Å². The minimum Gasteiger partial charge on any atom is -0.391 e. The van der Waals surface area contributed by atoms with E-state index >= 15 is 0 Å². The third-order valence-corrected chi connectivity index (χ3v) is 5.24. The van der Waals surface area contributed by atoms with Gasteiger partial charge < -0.3 is 10.4 Å². The first-order chi connectivity index (χ1) is 8.54. The lowest BCUT2D eigenvalue weighted by Crippen LogP contribution is -2.50. The molecule has 0 bridgehead atoms. The van der Waals surface area contributed by atoms with E-state index in [0.717, 1.165) is 11.3 Å². The van der Waals surface area contributed by atoms with E-state index < -0.39 is 21.7 Å². The van der Waals surface area contributed by atoms with Gasteiger partial charge in [-0.1, -0.05) is 11.3 Å². The molecule has 0 saturated heterocycles. The summed E-state index contributed by atoms with van der Waals surface area (Å²) in [5, 5.41) is 19.0. The molecule has 1 amide bonds. The standard InChI is InChI=1S/C9H16N4O4S2/c1-5(14)9(3,4)13-19(16,17)8-12-11-7(18-8)10-6(2)15/h5,13-14H,1-4H3,(H,10,11,15). The highest BCUT2D eigenvalue weighted by atomic mass is 32.2. The number of nitrogens with one attached hydrogen (secondary N) is 2. The maximum Gasteiger partial charge on any atom is 0.270 e. The zero-order valence-electron chi connectivity index (χ0n) is 11.0. The summed E-state index contributed by atoms with van der Waals surface area (Å²) in [6.07, 6.45) is -0.884. The van der Waals surface area contributed by atoms with Gasteiger partial charge in [-0.15, -0.1) is 10.2 Å². The molecule has 0 aromatic carbocycles. The van der Waals surface area contributed by atoms with E-state index in [4.69, 9.17) is 0 Å². The summed E-state index contributed by atoms with van der Waals surface area (Å²) in [6.45, 7) is 5.85. The Morgan fingerprint density at radius 1 is 1.42 bits per heavy atom. The zero-order chi connectivity index (χ0) is 14.8. The number of aliphatic hydroxyl groups is 1. The maximum atomic E-state index is 12.0. The lowest BCUT2D eigenvalue weighted by Gasteiger charge is -2.28. The number of hydrogen-bond donors (Lipinski definition) is 3. The molecule has 1 aromatic heterocycles. The molecule has 1 rings (SSSR count). The summed E-state index contributed by atoms with van der Waals surface area (Å²) < 4.78 is 26.1. The molecule has 0 spiro atoms. The number of rotatable bonds is 5. The third-order valence-electron chi connectivity index (χ3n) is 2.36. The van der Waals surface area contributed by atoms with E-state index in [-0.39, 0.29) is 15.4 Å². The number of sulfonamides is 1. The van der Waals surface area contributed by atoms with Gasteiger partial charge in [0.25, 0.3) is 10.0 Å². The molecule has 0 aliphatic carbocycles. The first-order valence-corrected chi connectivity index (χ1v) is 7.68. The molecule has 0 fully saturated rings. The van der Waals surface area contributed by atoms with Crippen LogP contribution in [-0.4, -0.2) is 41.3 Å². The molecule has 1 aromatic rings. The Bertz CT molecular complexity index is 565. The Balaban J connectivity index is 2.95. The second-order valence-electron chi connectivity index (χ2n) is 4.56. The molecule has 108 valence electrons. The van der Waals surface area contributed by atoms with Gasteiger partial charge in [-0.3, -0.25) is 4.79 Å². The fraction of sp³-hybridized carbons (Fsp3) is 0.667. The third kappa shape index (κ3) is 4.20. The quantitative estimate of drug-likeness (QED) is 0.655. The summed E-state index contributed by atoms with van der Waals surface area (Å²) in [7, 11) is -3.89. The van der Waals surface area contributed by atoms with E-state index in [1.54, 1.807) is 13.8 Å². The minimum atomic E-state index is -3.89. The molecule has 1 heterocycles. The van der Waals surface area contributed by atoms with Crippen LogP contribution in [0, 0.1) is 0 Å². The second kappa shape index (κ2) is 5.49. The Labute approximate surface area is 115 Å². The van der Waals surface area contributed by atoms with Crippen LogP contribution in [0.2, 0.25) is 0 Å². The Morgan fingerprint density at radius 2 is 2.00 bits per heavy atom. The molecule has 0 aliphatic heterocycles. The van der Waals surface area contributed by atoms with Crippen molar-refractivity contribution < 1.29 is 18.3 Å². The topological polar surface area (TPSA) is 121 Å². The van der Waals surface area contributed by atoms with Crippen molar-refractivity contribution in [1.29, 1.82) is 0 Å². The number of aliphatic hydroxyl groups excluding tert-OH is 1. The van der Waals surface area contributed by atoms with Crippen molar-refractivity contribution in [1.82, 2.24) is 14.9 Å². The Kier molecular flexibility index (Phi) is 4.61. The van der Waals surface area contributed by atoms with Gasteiger partial charge in [0, 0.05) is 6.92 Å². The number of aromatic nitrogens is 2. The van der Waals surface area contributed by atoms with Crippen molar-refractivity contribution in [3.05, 3.63) is 0 Å². The van der Waals surface area contributed by atoms with Gasteiger partial charge in [0.2, 0.25) is 15.4 Å². The number of amides is 1. The summed E-state index contributed by atoms with van der Waals surface area (Å²) in [6, 6.07) is 0. The Hall–Kier alpha value is -1.10. The highest BCUT2D eigenvalue weighted by molar-refractivity contribution is 7.91. The van der Waals surface area contributed by atoms with Crippen LogP contribution < -0.4 is 10.0 Å². The van der Waals surface area contributed by atoms with Crippen molar-refractivity contribution in [2.24, 2.45) is 0 Å². The van der Waals surface area contributed by atoms with Gasteiger partial charge in [0.15, 0.2) is 0 Å². The molecule has 1 unspecified atom stereocenters. The predicted octanol–water partition coefficient (Wildman–Crippen LogP) is -0.0658. The average Bonchev–Trinajstić information content (AvgIpc) is 2.63. The van der Waals surface area contributed by atoms with Crippen molar-refractivity contribution in [2.45, 2.75) is 43.7 Å². The number of nitrogens with zero attached hydrogens (tertiary/aromatic N) is 2. The summed E-state index contributed by atoms with van der Waals surface area (Å²) >= 11 is 0.734. The van der Waals surface area contributed by atoms with Gasteiger partial charge in [0.1, 0.15) is 0 Å². The molecule has 19 heavy (non-hydrogen) atoms. The van der Waals surface area contributed by atoms with Crippen LogP contribution in [0.5, 0.6) is 0 Å². The fourth-order valence-electron chi connectivity index (χ4n) is 0.995. The lowest BCUT2D eigenvalue weighted by atomic mass is 10.0. The highest BCUT2D eigenvalue weighted by Gasteiger charge is 2.32. The SMILES string of the molecule is CC(=O)Nc1nnc(S(=O)(=O)NC(C)(C)C(C)O)s1. The lowest BCUT2D eigenvalue weighted by molar-refractivity contribution is -0.114. The summed E-state index contributed by atoms with van der Waals surface area (Å²) in [5.74, 6) is -0.364. The summed E-state index contributed by atoms with van der Waals surface area (Å²) in [5.41, 5.74) is -1.04. The van der Waals surface area contributed by atoms with Crippen molar-refractivity contribution >= 4 is 32.4 Å². The van der Waals surface area contributed by atoms with Crippen LogP contribution in [0.3, 0.4) is 0 Å². The molecule has 1 atom stereocenters. The minimum absolute atomic E-state index is 0.0997. The Morgan fingerprint density at radius 3 is 2.47 bits per heavy atom. The maximum absolute atomic E-state index is 12.0. The van der Waals surface area contributed by atoms with Gasteiger partial charge in [-0.25, -0.2) is 13.1 Å². The zero-order valence-corrected chi connectivity index (χ0v) is 12.6. The molecular weight excluding hydrogens is 292 g/mol. The van der Waals surface area contributed by atoms with Gasteiger partial charge in [-0.2, -0.15) is 0 Å². The number of carbonyl (C=O) groups excluding carboxylic acids is 1. The van der Waals surface area contributed by atoms with Crippen LogP contribution in [0.15, 0.2) is 4.34 Å². The largest absolute Gasteiger partial charge is 0.391 e. The van der Waals surface area contributed by atoms with Crippen molar-refractivity contribution in [2.75, 3.05) is 5.32 Å². The highest BCUT2D eigenvalue weighted by Crippen LogP contribution is 2.22. The molecular formula is C9H16N4O4S2. The molecule has 0 saturated carbocycles. The predicted molar refractivity (Wildman–Crippen MR) is 70.3 cm³/mol. The number of anilines is 1. The molecule has 0 aliphatic rings. The summed E-state index contributed by atoms with van der Waals surface area (Å²) in [4.78, 5) is 10.8. The second-order valence-corrected chi connectivity index (χ2v) is 7.39. The molecule has 10 heteroatoms.